The van der Waals surface area contributed by atoms with E-state index in [4.69, 9.17) is 0 Å². The topological polar surface area (TPSA) is 17.1 Å². The highest BCUT2D eigenvalue weighted by Gasteiger charge is 1.99. The van der Waals surface area contributed by atoms with E-state index >= 15 is 0 Å². The monoisotopic (exact) mass is 262 g/mol. The minimum absolute atomic E-state index is 0.0584. The van der Waals surface area contributed by atoms with Crippen LogP contribution in [0.15, 0.2) is 0 Å². The quantitative estimate of drug-likeness (QED) is 0.400. The Kier molecular flexibility index (Phi) is 3.39. The number of hydrogen-bond acceptors (Lipinski definition) is 1. The third-order valence-electron chi connectivity index (χ3n) is 0.313. The van der Waals surface area contributed by atoms with Crippen LogP contribution in [0.1, 0.15) is 6.92 Å². The van der Waals surface area contributed by atoms with Crippen LogP contribution in [0.25, 0.3) is 0 Å². The first-order chi connectivity index (χ1) is 2.64. The molecule has 0 N–H and O–H groups in total. The van der Waals surface area contributed by atoms with Crippen LogP contribution in [0.4, 0.5) is 0 Å². The standard InChI is InChI=1S/C3H4BrIO/c1-2(5)3(4)6/h2H,1H3. The Morgan fingerprint density at radius 2 is 2.17 bits per heavy atom. The van der Waals surface area contributed by atoms with Crippen LogP contribution in [0, 0.1) is 0 Å². The zero-order chi connectivity index (χ0) is 5.15. The first-order valence-corrected chi connectivity index (χ1v) is 3.52. The molecule has 1 nitrogen and oxygen atoms in total. The maximum absolute atomic E-state index is 10.1. The van der Waals surface area contributed by atoms with Crippen molar-refractivity contribution in [1.82, 2.24) is 0 Å². The third-order valence-corrected chi connectivity index (χ3v) is 2.42. The van der Waals surface area contributed by atoms with Gasteiger partial charge in [-0.3, -0.25) is 4.79 Å². The molecule has 0 rings (SSSR count). The molecule has 0 aliphatic carbocycles. The maximum Gasteiger partial charge on any atom is 0.210 e. The molecule has 6 heavy (non-hydrogen) atoms. The van der Waals surface area contributed by atoms with Crippen LogP contribution < -0.4 is 0 Å². The lowest BCUT2D eigenvalue weighted by atomic mass is 10.6. The molecule has 0 saturated heterocycles. The fourth-order valence-electron chi connectivity index (χ4n) is 0. The van der Waals surface area contributed by atoms with E-state index in [1.165, 1.54) is 0 Å². The summed E-state index contributed by atoms with van der Waals surface area (Å²) in [6.45, 7) is 1.83. The summed E-state index contributed by atoms with van der Waals surface area (Å²) >= 11 is 4.83. The van der Waals surface area contributed by atoms with Gasteiger partial charge in [-0.15, -0.1) is 0 Å². The average molecular weight is 263 g/mol. The summed E-state index contributed by atoms with van der Waals surface area (Å²) < 4.78 is 0.158. The van der Waals surface area contributed by atoms with E-state index in [1.54, 1.807) is 0 Å². The number of halogens is 2. The summed E-state index contributed by atoms with van der Waals surface area (Å²) in [7, 11) is 0. The number of alkyl halides is 1. The van der Waals surface area contributed by atoms with Crippen molar-refractivity contribution in [3.05, 3.63) is 0 Å². The smallest absolute Gasteiger partial charge is 0.210 e. The van der Waals surface area contributed by atoms with E-state index in [2.05, 4.69) is 15.9 Å². The number of rotatable bonds is 1. The third kappa shape index (κ3) is 3.08. The van der Waals surface area contributed by atoms with Gasteiger partial charge in [-0.05, 0) is 22.9 Å². The summed E-state index contributed by atoms with van der Waals surface area (Å²) in [6, 6.07) is 0. The first kappa shape index (κ1) is 6.88. The SMILES string of the molecule is CC(I)C(=O)Br. The maximum atomic E-state index is 10.1. The molecule has 0 saturated carbocycles. The summed E-state index contributed by atoms with van der Waals surface area (Å²) in [5.41, 5.74) is 0. The van der Waals surface area contributed by atoms with E-state index in [1.807, 2.05) is 29.5 Å². The molecule has 0 bridgehead atoms. The highest BCUT2D eigenvalue weighted by atomic mass is 127. The van der Waals surface area contributed by atoms with Crippen LogP contribution in [-0.4, -0.2) is 8.62 Å². The van der Waals surface area contributed by atoms with E-state index < -0.39 is 0 Å². The minimum Gasteiger partial charge on any atom is -0.286 e. The van der Waals surface area contributed by atoms with E-state index in [-0.39, 0.29) is 8.62 Å². The van der Waals surface area contributed by atoms with Crippen LogP contribution in [0.3, 0.4) is 0 Å². The molecule has 3 heteroatoms. The Labute approximate surface area is 58.8 Å². The van der Waals surface area contributed by atoms with Gasteiger partial charge in [-0.1, -0.05) is 22.6 Å². The molecule has 36 valence electrons. The number of hydrogen-bond donors (Lipinski definition) is 0. The molecule has 0 aliphatic rings. The number of carbonyl (C=O) groups is 1. The van der Waals surface area contributed by atoms with Gasteiger partial charge in [0, 0.05) is 0 Å². The second-order valence-corrected chi connectivity index (χ2v) is 3.57. The Bertz CT molecular complexity index is 61.8. The molecule has 1 unspecified atom stereocenters. The van der Waals surface area contributed by atoms with Crippen molar-refractivity contribution in [2.45, 2.75) is 10.8 Å². The van der Waals surface area contributed by atoms with Crippen LogP contribution >= 0.6 is 38.5 Å². The molecular formula is C3H4BrIO. The Hall–Kier alpha value is 0.880. The van der Waals surface area contributed by atoms with Crippen molar-refractivity contribution in [3.63, 3.8) is 0 Å². The molecule has 0 aromatic carbocycles. The lowest BCUT2D eigenvalue weighted by Gasteiger charge is -1.86. The van der Waals surface area contributed by atoms with Gasteiger partial charge in [-0.2, -0.15) is 0 Å². The Morgan fingerprint density at radius 3 is 2.17 bits per heavy atom. The second kappa shape index (κ2) is 2.96. The Morgan fingerprint density at radius 1 is 2.00 bits per heavy atom. The van der Waals surface area contributed by atoms with Crippen molar-refractivity contribution in [1.29, 1.82) is 0 Å². The summed E-state index contributed by atoms with van der Waals surface area (Å²) in [6.07, 6.45) is 0. The molecule has 0 aromatic heterocycles. The highest BCUT2D eigenvalue weighted by molar-refractivity contribution is 14.1. The molecule has 0 amide bonds. The molecular weight excluding hydrogens is 259 g/mol. The van der Waals surface area contributed by atoms with Crippen molar-refractivity contribution in [2.24, 2.45) is 0 Å². The van der Waals surface area contributed by atoms with Crippen LogP contribution in [-0.2, 0) is 4.79 Å². The summed E-state index contributed by atoms with van der Waals surface area (Å²) in [5.74, 6) is 0. The van der Waals surface area contributed by atoms with E-state index in [9.17, 15) is 4.79 Å². The zero-order valence-electron chi connectivity index (χ0n) is 3.24. The zero-order valence-corrected chi connectivity index (χ0v) is 6.99. The van der Waals surface area contributed by atoms with E-state index in [0.717, 1.165) is 0 Å². The predicted molar refractivity (Wildman–Crippen MR) is 37.4 cm³/mol. The lowest BCUT2D eigenvalue weighted by Crippen LogP contribution is -1.97. The molecule has 0 aromatic rings. The first-order valence-electron chi connectivity index (χ1n) is 1.48. The van der Waals surface area contributed by atoms with Crippen molar-refractivity contribution in [2.75, 3.05) is 0 Å². The second-order valence-electron chi connectivity index (χ2n) is 0.920. The van der Waals surface area contributed by atoms with Crippen LogP contribution in [0.5, 0.6) is 0 Å². The molecule has 1 atom stereocenters. The summed E-state index contributed by atoms with van der Waals surface area (Å²) in [5, 5.41) is 0. The fraction of sp³-hybridized carbons (Fsp3) is 0.667. The van der Waals surface area contributed by atoms with Crippen molar-refractivity contribution >= 4 is 43.2 Å². The summed E-state index contributed by atoms with van der Waals surface area (Å²) in [4.78, 5) is 10.1. The molecule has 0 radical (unpaired) electrons. The lowest BCUT2D eigenvalue weighted by molar-refractivity contribution is -0.109. The molecule has 0 aliphatic heterocycles. The predicted octanol–water partition coefficient (Wildman–Crippen LogP) is 1.73. The van der Waals surface area contributed by atoms with Gasteiger partial charge in [-0.25, -0.2) is 0 Å². The van der Waals surface area contributed by atoms with E-state index in [0.29, 0.717) is 0 Å². The fourth-order valence-corrected chi connectivity index (χ4v) is 0. The highest BCUT2D eigenvalue weighted by Crippen LogP contribution is 2.03. The average Bonchev–Trinajstić information content (AvgIpc) is 1.36. The largest absolute Gasteiger partial charge is 0.286 e. The number of carbonyl (C=O) groups excluding carboxylic acids is 1. The van der Waals surface area contributed by atoms with Crippen LogP contribution in [0.2, 0.25) is 0 Å². The molecule has 0 spiro atoms. The van der Waals surface area contributed by atoms with Gasteiger partial charge in [0.1, 0.15) is 0 Å². The van der Waals surface area contributed by atoms with Gasteiger partial charge in [0.15, 0.2) is 0 Å². The van der Waals surface area contributed by atoms with Gasteiger partial charge >= 0.3 is 0 Å². The minimum atomic E-state index is 0.0584. The van der Waals surface area contributed by atoms with Crippen molar-refractivity contribution < 1.29 is 4.79 Å². The molecule has 0 heterocycles. The van der Waals surface area contributed by atoms with Gasteiger partial charge < -0.3 is 0 Å². The van der Waals surface area contributed by atoms with Crippen molar-refractivity contribution in [3.8, 4) is 0 Å². The van der Waals surface area contributed by atoms with Gasteiger partial charge in [0.25, 0.3) is 0 Å². The molecule has 0 fully saturated rings. The van der Waals surface area contributed by atoms with Gasteiger partial charge in [0.05, 0.1) is 3.92 Å². The Balaban J connectivity index is 3.26. The van der Waals surface area contributed by atoms with Gasteiger partial charge in [0.2, 0.25) is 4.69 Å². The normalized spacial score (nSPS) is 13.8.